The van der Waals surface area contributed by atoms with Gasteiger partial charge in [-0.1, -0.05) is 60.0 Å². The Kier molecular flexibility index (Phi) is 6.14. The average Bonchev–Trinajstić information content (AvgIpc) is 3.18. The lowest BCUT2D eigenvalue weighted by Gasteiger charge is -2.18. The molecule has 0 radical (unpaired) electrons. The van der Waals surface area contributed by atoms with Crippen LogP contribution in [0.4, 0.5) is 5.69 Å². The molecule has 2 aromatic carbocycles. The lowest BCUT2D eigenvalue weighted by atomic mass is 10.0. The van der Waals surface area contributed by atoms with E-state index in [-0.39, 0.29) is 11.5 Å². The maximum atomic E-state index is 13.4. The van der Waals surface area contributed by atoms with Gasteiger partial charge >= 0.3 is 0 Å². The van der Waals surface area contributed by atoms with Gasteiger partial charge in [0, 0.05) is 16.0 Å². The van der Waals surface area contributed by atoms with Crippen LogP contribution in [0.2, 0.25) is 10.0 Å². The van der Waals surface area contributed by atoms with Crippen molar-refractivity contribution in [3.63, 3.8) is 0 Å². The summed E-state index contributed by atoms with van der Waals surface area (Å²) < 4.78 is 1.39. The summed E-state index contributed by atoms with van der Waals surface area (Å²) >= 11 is 13.5. The lowest BCUT2D eigenvalue weighted by molar-refractivity contribution is -0.119. The van der Waals surface area contributed by atoms with Crippen LogP contribution in [0.3, 0.4) is 0 Å². The molecule has 0 saturated heterocycles. The second-order valence-electron chi connectivity index (χ2n) is 7.19. The number of aromatic nitrogens is 2. The smallest absolute Gasteiger partial charge is 0.263 e. The fourth-order valence-corrected chi connectivity index (χ4v) is 4.79. The van der Waals surface area contributed by atoms with E-state index in [1.807, 2.05) is 43.5 Å². The number of hydrogen-bond donors (Lipinski definition) is 1. The second kappa shape index (κ2) is 8.83. The van der Waals surface area contributed by atoms with Crippen molar-refractivity contribution in [3.8, 4) is 11.1 Å². The van der Waals surface area contributed by atoms with Crippen LogP contribution in [-0.2, 0) is 4.79 Å². The minimum absolute atomic E-state index is 0.244. The quantitative estimate of drug-likeness (QED) is 0.369. The van der Waals surface area contributed by atoms with Crippen molar-refractivity contribution in [1.82, 2.24) is 9.55 Å². The third-order valence-corrected chi connectivity index (χ3v) is 6.53. The number of amides is 1. The van der Waals surface area contributed by atoms with Gasteiger partial charge in [-0.05, 0) is 37.1 Å². The van der Waals surface area contributed by atoms with Crippen molar-refractivity contribution >= 4 is 56.3 Å². The molecule has 1 N–H and O–H groups in total. The molecule has 5 nitrogen and oxygen atoms in total. The summed E-state index contributed by atoms with van der Waals surface area (Å²) in [4.78, 5) is 31.5. The number of nitrogens with one attached hydrogen (secondary N) is 1. The van der Waals surface area contributed by atoms with Crippen molar-refractivity contribution in [2.24, 2.45) is 0 Å². The molecule has 1 unspecified atom stereocenters. The molecule has 0 bridgehead atoms. The minimum atomic E-state index is -0.734. The van der Waals surface area contributed by atoms with Crippen LogP contribution in [0.1, 0.15) is 24.9 Å². The fourth-order valence-electron chi connectivity index (χ4n) is 3.43. The minimum Gasteiger partial charge on any atom is -0.323 e. The molecule has 0 fully saturated rings. The summed E-state index contributed by atoms with van der Waals surface area (Å²) in [6.07, 6.45) is 1.85. The maximum absolute atomic E-state index is 13.4. The molecule has 0 aliphatic carbocycles. The van der Waals surface area contributed by atoms with Gasteiger partial charge in [0.15, 0.2) is 0 Å². The number of thiophene rings is 1. The highest BCUT2D eigenvalue weighted by molar-refractivity contribution is 7.17. The fraction of sp³-hybridized carbons (Fsp3) is 0.174. The molecule has 1 atom stereocenters. The van der Waals surface area contributed by atoms with E-state index in [4.69, 9.17) is 23.2 Å². The van der Waals surface area contributed by atoms with E-state index in [1.165, 1.54) is 22.2 Å². The first kappa shape index (κ1) is 21.6. The van der Waals surface area contributed by atoms with Crippen LogP contribution in [0.25, 0.3) is 21.3 Å². The Labute approximate surface area is 193 Å². The topological polar surface area (TPSA) is 64.0 Å². The molecule has 0 saturated carbocycles. The normalized spacial score (nSPS) is 12.1. The van der Waals surface area contributed by atoms with Gasteiger partial charge in [0.2, 0.25) is 5.91 Å². The van der Waals surface area contributed by atoms with Crippen LogP contribution in [0.15, 0.2) is 59.0 Å². The van der Waals surface area contributed by atoms with Gasteiger partial charge in [0.1, 0.15) is 10.9 Å². The predicted molar refractivity (Wildman–Crippen MR) is 128 cm³/mol. The molecule has 158 valence electrons. The van der Waals surface area contributed by atoms with E-state index in [2.05, 4.69) is 10.3 Å². The Morgan fingerprint density at radius 3 is 2.61 bits per heavy atom. The van der Waals surface area contributed by atoms with Crippen molar-refractivity contribution in [2.75, 3.05) is 5.32 Å². The first-order valence-electron chi connectivity index (χ1n) is 9.70. The van der Waals surface area contributed by atoms with Crippen LogP contribution in [0, 0.1) is 6.92 Å². The third kappa shape index (κ3) is 4.24. The van der Waals surface area contributed by atoms with Crippen LogP contribution < -0.4 is 10.9 Å². The molecule has 2 heterocycles. The van der Waals surface area contributed by atoms with E-state index in [1.54, 1.807) is 18.2 Å². The van der Waals surface area contributed by atoms with Gasteiger partial charge in [-0.15, -0.1) is 11.3 Å². The van der Waals surface area contributed by atoms with Gasteiger partial charge in [-0.2, -0.15) is 0 Å². The van der Waals surface area contributed by atoms with Crippen LogP contribution in [0.5, 0.6) is 0 Å². The zero-order valence-electron chi connectivity index (χ0n) is 16.9. The average molecular weight is 472 g/mol. The Morgan fingerprint density at radius 2 is 1.94 bits per heavy atom. The number of aryl methyl sites for hydroxylation is 1. The van der Waals surface area contributed by atoms with Crippen LogP contribution in [-0.4, -0.2) is 15.5 Å². The molecule has 0 spiro atoms. The maximum Gasteiger partial charge on any atom is 0.263 e. The predicted octanol–water partition coefficient (Wildman–Crippen LogP) is 6.33. The standard InChI is InChI=1S/C23H19Cl2N3O2S/c1-3-19(21(29)27-18-9-8-15(24)10-17(18)25)28-12-26-22-20(23(28)30)16(11-31-22)14-6-4-13(2)5-7-14/h4-12,19H,3H2,1-2H3,(H,27,29). The Hall–Kier alpha value is -2.67. The molecular formula is C23H19Cl2N3O2S. The molecule has 0 aliphatic heterocycles. The monoisotopic (exact) mass is 471 g/mol. The van der Waals surface area contributed by atoms with Gasteiger partial charge in [-0.3, -0.25) is 14.2 Å². The van der Waals surface area contributed by atoms with Gasteiger partial charge in [0.25, 0.3) is 5.56 Å². The molecule has 4 rings (SSSR count). The van der Waals surface area contributed by atoms with Crippen molar-refractivity contribution in [3.05, 3.63) is 80.1 Å². The summed E-state index contributed by atoms with van der Waals surface area (Å²) in [6.45, 7) is 3.86. The van der Waals surface area contributed by atoms with E-state index in [0.717, 1.165) is 16.7 Å². The van der Waals surface area contributed by atoms with E-state index >= 15 is 0 Å². The number of carbonyl (C=O) groups excluding carboxylic acids is 1. The first-order chi connectivity index (χ1) is 14.9. The highest BCUT2D eigenvalue weighted by Crippen LogP contribution is 2.31. The Morgan fingerprint density at radius 1 is 1.19 bits per heavy atom. The summed E-state index contributed by atoms with van der Waals surface area (Å²) in [5, 5.41) is 6.05. The van der Waals surface area contributed by atoms with E-state index in [9.17, 15) is 9.59 Å². The van der Waals surface area contributed by atoms with Crippen molar-refractivity contribution in [1.29, 1.82) is 0 Å². The van der Waals surface area contributed by atoms with Gasteiger partial charge in [-0.25, -0.2) is 4.98 Å². The molecule has 1 amide bonds. The van der Waals surface area contributed by atoms with E-state index < -0.39 is 6.04 Å². The number of rotatable bonds is 5. The first-order valence-corrected chi connectivity index (χ1v) is 11.3. The second-order valence-corrected chi connectivity index (χ2v) is 8.89. The zero-order valence-corrected chi connectivity index (χ0v) is 19.2. The number of nitrogens with zero attached hydrogens (tertiary/aromatic N) is 2. The molecule has 4 aromatic rings. The number of fused-ring (bicyclic) bond motifs is 1. The zero-order chi connectivity index (χ0) is 22.1. The highest BCUT2D eigenvalue weighted by Gasteiger charge is 2.23. The molecular weight excluding hydrogens is 453 g/mol. The number of anilines is 1. The number of halogens is 2. The van der Waals surface area contributed by atoms with Gasteiger partial charge < -0.3 is 5.32 Å². The SMILES string of the molecule is CCC(C(=O)Nc1ccc(Cl)cc1Cl)n1cnc2scc(-c3ccc(C)cc3)c2c1=O. The lowest BCUT2D eigenvalue weighted by Crippen LogP contribution is -2.33. The highest BCUT2D eigenvalue weighted by atomic mass is 35.5. The largest absolute Gasteiger partial charge is 0.323 e. The Balaban J connectivity index is 1.74. The Bertz CT molecular complexity index is 1330. The molecule has 31 heavy (non-hydrogen) atoms. The molecule has 2 aromatic heterocycles. The summed E-state index contributed by atoms with van der Waals surface area (Å²) in [5.41, 5.74) is 3.10. The number of benzene rings is 2. The molecule has 0 aliphatic rings. The summed E-state index contributed by atoms with van der Waals surface area (Å²) in [5.74, 6) is -0.345. The van der Waals surface area contributed by atoms with E-state index in [0.29, 0.717) is 32.4 Å². The van der Waals surface area contributed by atoms with Gasteiger partial charge in [0.05, 0.1) is 22.4 Å². The summed E-state index contributed by atoms with van der Waals surface area (Å²) in [6, 6.07) is 12.1. The third-order valence-electron chi connectivity index (χ3n) is 5.10. The molecule has 8 heteroatoms. The number of carbonyl (C=O) groups is 1. The van der Waals surface area contributed by atoms with Crippen LogP contribution >= 0.6 is 34.5 Å². The van der Waals surface area contributed by atoms with Crippen molar-refractivity contribution < 1.29 is 4.79 Å². The summed E-state index contributed by atoms with van der Waals surface area (Å²) in [7, 11) is 0. The number of hydrogen-bond acceptors (Lipinski definition) is 4. The van der Waals surface area contributed by atoms with Crippen molar-refractivity contribution in [2.45, 2.75) is 26.3 Å².